The number of carbonyl (C=O) groups is 3. The number of carbonyl (C=O) groups excluding carboxylic acids is 3. The summed E-state index contributed by atoms with van der Waals surface area (Å²) in [5.41, 5.74) is 7.52. The number of imidazole rings is 1. The van der Waals surface area contributed by atoms with Gasteiger partial charge in [-0.25, -0.2) is 14.6 Å². The molecular weight excluding hydrogens is 725 g/mol. The third-order valence-corrected chi connectivity index (χ3v) is 11.6. The van der Waals surface area contributed by atoms with E-state index >= 15 is 0 Å². The van der Waals surface area contributed by atoms with Crippen molar-refractivity contribution in [2.24, 2.45) is 16.8 Å². The van der Waals surface area contributed by atoms with Gasteiger partial charge in [-0.15, -0.1) is 0 Å². The maximum atomic E-state index is 13.6. The minimum atomic E-state index is -0.692. The second kappa shape index (κ2) is 15.1. The first-order valence-electron chi connectivity index (χ1n) is 19.9. The predicted molar refractivity (Wildman–Crippen MR) is 217 cm³/mol. The van der Waals surface area contributed by atoms with Crippen LogP contribution in [0.4, 0.5) is 15.3 Å². The van der Waals surface area contributed by atoms with Crippen LogP contribution in [-0.2, 0) is 32.0 Å². The van der Waals surface area contributed by atoms with Crippen molar-refractivity contribution in [3.63, 3.8) is 0 Å². The summed E-state index contributed by atoms with van der Waals surface area (Å²) < 4.78 is 22.5. The summed E-state index contributed by atoms with van der Waals surface area (Å²) in [4.78, 5) is 56.0. The molecule has 0 spiro atoms. The van der Waals surface area contributed by atoms with E-state index in [2.05, 4.69) is 52.8 Å². The number of fused-ring (bicyclic) bond motifs is 6. The highest BCUT2D eigenvalue weighted by Gasteiger charge is 2.42. The standard InChI is InChI=1S/C44H52N6O7/c1-24(2)39(48-42(52)55-7)41(51)49-14-8-9-36(49)40-45-20-35(47-40)27-10-12-29-28(16-27)23-56-38-19-30-26(17-32(29)38)11-13-33-31(30)18-34(46-33)37-15-25(22-54-6)21-50(37)43(53)57-44(3,4)5/h10-13,16-17,19-20,24-25,36-37,39H,8-9,14-15,18,21-23H2,1-7H3,(H,45,47)(H,48,52)/t25-,36-,37-,39-/m0/s1. The number of aromatic nitrogens is 2. The highest BCUT2D eigenvalue weighted by molar-refractivity contribution is 6.06. The Morgan fingerprint density at radius 2 is 1.86 bits per heavy atom. The van der Waals surface area contributed by atoms with Crippen LogP contribution in [0.5, 0.6) is 5.75 Å². The molecule has 2 N–H and O–H groups in total. The average molecular weight is 777 g/mol. The van der Waals surface area contributed by atoms with Crippen molar-refractivity contribution in [2.75, 3.05) is 33.9 Å². The molecule has 4 atom stereocenters. The van der Waals surface area contributed by atoms with Gasteiger partial charge in [0.15, 0.2) is 0 Å². The number of amides is 3. The Kier molecular flexibility index (Phi) is 10.2. The van der Waals surface area contributed by atoms with Gasteiger partial charge < -0.3 is 34.1 Å². The van der Waals surface area contributed by atoms with Gasteiger partial charge in [0.25, 0.3) is 0 Å². The number of alkyl carbamates (subject to hydrolysis) is 1. The number of H-pyrrole nitrogens is 1. The molecule has 13 nitrogen and oxygen atoms in total. The van der Waals surface area contributed by atoms with Crippen molar-refractivity contribution in [3.05, 3.63) is 65.6 Å². The first-order valence-corrected chi connectivity index (χ1v) is 19.9. The summed E-state index contributed by atoms with van der Waals surface area (Å²) >= 11 is 0. The molecule has 8 rings (SSSR count). The molecule has 3 amide bonds. The zero-order valence-corrected chi connectivity index (χ0v) is 33.8. The minimum absolute atomic E-state index is 0.108. The molecule has 0 unspecified atom stereocenters. The van der Waals surface area contributed by atoms with Crippen LogP contribution >= 0.6 is 0 Å². The fourth-order valence-corrected chi connectivity index (χ4v) is 8.85. The predicted octanol–water partition coefficient (Wildman–Crippen LogP) is 7.73. The van der Waals surface area contributed by atoms with E-state index in [0.29, 0.717) is 32.7 Å². The van der Waals surface area contributed by atoms with Crippen LogP contribution in [-0.4, -0.2) is 95.2 Å². The molecule has 0 aliphatic carbocycles. The molecule has 2 fully saturated rings. The van der Waals surface area contributed by atoms with Crippen molar-refractivity contribution in [1.29, 1.82) is 0 Å². The first-order chi connectivity index (χ1) is 27.3. The number of aromatic amines is 1. The van der Waals surface area contributed by atoms with Gasteiger partial charge in [0, 0.05) is 43.8 Å². The molecule has 4 aliphatic heterocycles. The first kappa shape index (κ1) is 38.4. The van der Waals surface area contributed by atoms with E-state index in [1.54, 1.807) is 7.11 Å². The fourth-order valence-electron chi connectivity index (χ4n) is 8.85. The molecule has 4 aromatic rings. The van der Waals surface area contributed by atoms with E-state index in [1.165, 1.54) is 7.11 Å². The Bertz CT molecular complexity index is 2260. The Morgan fingerprint density at radius 3 is 2.61 bits per heavy atom. The number of benzene rings is 3. The third-order valence-electron chi connectivity index (χ3n) is 11.6. The second-order valence-corrected chi connectivity index (χ2v) is 17.0. The average Bonchev–Trinajstić information content (AvgIpc) is 4.01. The van der Waals surface area contributed by atoms with Crippen LogP contribution in [0.15, 0.2) is 53.7 Å². The SMILES string of the molecule is COC[C@H]1C[C@@H](C2=Nc3ccc4cc5c(cc4c3C2)OCc2cc(-c3cnc([C@@H]4CCCN4C(=O)[C@@H](NC(=O)OC)C(C)C)[nH]3)ccc2-5)N(C(=O)OC(C)(C)C)C1. The summed E-state index contributed by atoms with van der Waals surface area (Å²) in [6.07, 6.45) is 3.94. The topological polar surface area (TPSA) is 148 Å². The molecule has 13 heteroatoms. The molecule has 0 radical (unpaired) electrons. The van der Waals surface area contributed by atoms with Crippen molar-refractivity contribution >= 4 is 40.3 Å². The summed E-state index contributed by atoms with van der Waals surface area (Å²) in [7, 11) is 2.99. The lowest BCUT2D eigenvalue weighted by Gasteiger charge is -2.30. The Balaban J connectivity index is 1.01. The van der Waals surface area contributed by atoms with Gasteiger partial charge in [0.2, 0.25) is 5.91 Å². The third kappa shape index (κ3) is 7.45. The molecule has 0 bridgehead atoms. The number of hydrogen-bond acceptors (Lipinski definition) is 9. The van der Waals surface area contributed by atoms with E-state index in [4.69, 9.17) is 28.9 Å². The molecule has 5 heterocycles. The maximum Gasteiger partial charge on any atom is 0.410 e. The normalized spacial score (nSPS) is 20.5. The lowest BCUT2D eigenvalue weighted by Crippen LogP contribution is -2.51. The van der Waals surface area contributed by atoms with E-state index in [9.17, 15) is 14.4 Å². The van der Waals surface area contributed by atoms with Crippen molar-refractivity contribution in [2.45, 2.75) is 90.6 Å². The molecule has 1 aromatic heterocycles. The van der Waals surface area contributed by atoms with Crippen LogP contribution in [0.2, 0.25) is 0 Å². The molecular formula is C44H52N6O7. The van der Waals surface area contributed by atoms with Crippen LogP contribution in [0.3, 0.4) is 0 Å². The highest BCUT2D eigenvalue weighted by atomic mass is 16.6. The molecule has 4 aliphatic rings. The van der Waals surface area contributed by atoms with Crippen molar-refractivity contribution in [1.82, 2.24) is 25.1 Å². The molecule has 0 saturated carbocycles. The number of rotatable bonds is 8. The quantitative estimate of drug-likeness (QED) is 0.185. The Labute approximate surface area is 333 Å². The summed E-state index contributed by atoms with van der Waals surface area (Å²) in [5.74, 6) is 1.52. The summed E-state index contributed by atoms with van der Waals surface area (Å²) in [5, 5.41) is 4.92. The highest BCUT2D eigenvalue weighted by Crippen LogP contribution is 2.45. The number of aliphatic imine (C=N–C) groups is 1. The fraction of sp³-hybridized carbons (Fsp3) is 0.477. The van der Waals surface area contributed by atoms with Gasteiger partial charge in [-0.2, -0.15) is 0 Å². The zero-order chi connectivity index (χ0) is 40.2. The maximum absolute atomic E-state index is 13.6. The molecule has 3 aromatic carbocycles. The minimum Gasteiger partial charge on any atom is -0.488 e. The number of hydrogen-bond donors (Lipinski definition) is 2. The lowest BCUT2D eigenvalue weighted by atomic mass is 9.90. The van der Waals surface area contributed by atoms with Gasteiger partial charge >= 0.3 is 12.2 Å². The number of methoxy groups -OCH3 is 2. The van der Waals surface area contributed by atoms with Crippen LogP contribution < -0.4 is 10.1 Å². The van der Waals surface area contributed by atoms with Gasteiger partial charge in [0.05, 0.1) is 43.4 Å². The summed E-state index contributed by atoms with van der Waals surface area (Å²) in [6, 6.07) is 13.9. The molecule has 57 heavy (non-hydrogen) atoms. The van der Waals surface area contributed by atoms with Gasteiger partial charge in [-0.1, -0.05) is 32.0 Å². The zero-order valence-electron chi connectivity index (χ0n) is 33.8. The van der Waals surface area contributed by atoms with Crippen molar-refractivity contribution in [3.8, 4) is 28.1 Å². The van der Waals surface area contributed by atoms with Gasteiger partial charge in [-0.3, -0.25) is 14.7 Å². The van der Waals surface area contributed by atoms with E-state index < -0.39 is 17.7 Å². The number of likely N-dealkylation sites (tertiary alicyclic amines) is 2. The second-order valence-electron chi connectivity index (χ2n) is 17.0. The van der Waals surface area contributed by atoms with Crippen LogP contribution in [0.25, 0.3) is 33.2 Å². The Morgan fingerprint density at radius 1 is 1.04 bits per heavy atom. The molecule has 300 valence electrons. The number of nitrogens with one attached hydrogen (secondary N) is 2. The Hall–Kier alpha value is -5.43. The smallest absolute Gasteiger partial charge is 0.410 e. The lowest BCUT2D eigenvalue weighted by molar-refractivity contribution is -0.135. The largest absolute Gasteiger partial charge is 0.488 e. The van der Waals surface area contributed by atoms with E-state index in [1.807, 2.05) is 50.6 Å². The number of nitrogens with zero attached hydrogens (tertiary/aromatic N) is 4. The van der Waals surface area contributed by atoms with E-state index in [-0.39, 0.29) is 35.9 Å². The van der Waals surface area contributed by atoms with E-state index in [0.717, 1.165) is 86.5 Å². The van der Waals surface area contributed by atoms with Gasteiger partial charge in [0.1, 0.15) is 29.8 Å². The molecule has 2 saturated heterocycles. The number of ether oxygens (including phenoxy) is 4. The van der Waals surface area contributed by atoms with Gasteiger partial charge in [-0.05, 0) is 103 Å². The van der Waals surface area contributed by atoms with Crippen LogP contribution in [0, 0.1) is 11.8 Å². The monoisotopic (exact) mass is 776 g/mol. The van der Waals surface area contributed by atoms with Crippen LogP contribution in [0.1, 0.15) is 76.9 Å². The van der Waals surface area contributed by atoms with Crippen molar-refractivity contribution < 1.29 is 33.3 Å². The summed E-state index contributed by atoms with van der Waals surface area (Å²) in [6.45, 7) is 11.6.